The van der Waals surface area contributed by atoms with E-state index in [1.807, 2.05) is 49.4 Å². The number of hydrazine groups is 1. The van der Waals surface area contributed by atoms with Crippen LogP contribution in [0.2, 0.25) is 5.02 Å². The van der Waals surface area contributed by atoms with E-state index >= 15 is 0 Å². The van der Waals surface area contributed by atoms with E-state index in [0.29, 0.717) is 16.5 Å². The Morgan fingerprint density at radius 2 is 1.74 bits per heavy atom. The molecule has 0 bridgehead atoms. The lowest BCUT2D eigenvalue weighted by atomic mass is 9.92. The second-order valence-electron chi connectivity index (χ2n) is 8.01. The number of hydrogen-bond acceptors (Lipinski definition) is 4. The Kier molecular flexibility index (Phi) is 6.84. The minimum absolute atomic E-state index is 0.270. The average Bonchev–Trinajstić information content (AvgIpc) is 2.92. The van der Waals surface area contributed by atoms with Crippen LogP contribution in [0.3, 0.4) is 0 Å². The average molecular weight is 478 g/mol. The molecule has 3 aromatic rings. The third-order valence-corrected chi connectivity index (χ3v) is 5.85. The standard InChI is InChI=1S/C26H24ClN3O4/c1-16-20-10-3-4-11-21(20)22-12-5-6-13-23(22)30(26(16)33)29-25(32)17(2)28-24(31)15-34-19-9-7-8-18(27)14-19/h3-14,16-17H,15H2,1-2H3,(H,28,31)(H,29,32)/t16?,17-/m0/s1. The number of rotatable bonds is 6. The number of benzene rings is 3. The summed E-state index contributed by atoms with van der Waals surface area (Å²) < 4.78 is 5.42. The first kappa shape index (κ1) is 23.3. The van der Waals surface area contributed by atoms with Crippen LogP contribution < -0.4 is 20.5 Å². The fraction of sp³-hybridized carbons (Fsp3) is 0.192. The molecule has 1 aliphatic rings. The van der Waals surface area contributed by atoms with Crippen LogP contribution in [0.1, 0.15) is 25.3 Å². The summed E-state index contributed by atoms with van der Waals surface area (Å²) in [5.74, 6) is -1.31. The summed E-state index contributed by atoms with van der Waals surface area (Å²) >= 11 is 5.91. The third-order valence-electron chi connectivity index (χ3n) is 5.61. The molecule has 0 radical (unpaired) electrons. The normalized spacial score (nSPS) is 15.4. The van der Waals surface area contributed by atoms with Gasteiger partial charge < -0.3 is 10.1 Å². The van der Waals surface area contributed by atoms with Gasteiger partial charge in [-0.2, -0.15) is 0 Å². The molecule has 0 aliphatic carbocycles. The van der Waals surface area contributed by atoms with Gasteiger partial charge in [-0.25, -0.2) is 5.01 Å². The second-order valence-corrected chi connectivity index (χ2v) is 8.45. The van der Waals surface area contributed by atoms with Crippen molar-refractivity contribution in [3.05, 3.63) is 83.4 Å². The van der Waals surface area contributed by atoms with Crippen LogP contribution in [0, 0.1) is 0 Å². The number of para-hydroxylation sites is 1. The van der Waals surface area contributed by atoms with Gasteiger partial charge in [0, 0.05) is 10.6 Å². The zero-order valence-corrected chi connectivity index (χ0v) is 19.5. The maximum atomic E-state index is 13.3. The maximum Gasteiger partial charge on any atom is 0.261 e. The summed E-state index contributed by atoms with van der Waals surface area (Å²) in [6.45, 7) is 3.07. The molecule has 7 nitrogen and oxygen atoms in total. The molecule has 8 heteroatoms. The molecule has 3 amide bonds. The number of halogens is 1. The Balaban J connectivity index is 1.46. The number of nitrogens with one attached hydrogen (secondary N) is 2. The molecule has 4 rings (SSSR count). The van der Waals surface area contributed by atoms with Crippen LogP contribution in [0.5, 0.6) is 5.75 Å². The van der Waals surface area contributed by atoms with Crippen molar-refractivity contribution in [2.24, 2.45) is 0 Å². The first-order valence-electron chi connectivity index (χ1n) is 10.9. The van der Waals surface area contributed by atoms with Crippen molar-refractivity contribution in [1.82, 2.24) is 10.7 Å². The number of carbonyl (C=O) groups excluding carboxylic acids is 3. The van der Waals surface area contributed by atoms with E-state index in [1.165, 1.54) is 5.01 Å². The first-order chi connectivity index (χ1) is 16.3. The molecule has 1 heterocycles. The summed E-state index contributed by atoms with van der Waals surface area (Å²) in [6.07, 6.45) is 0. The third kappa shape index (κ3) is 4.89. The molecule has 0 saturated carbocycles. The van der Waals surface area contributed by atoms with Gasteiger partial charge in [0.05, 0.1) is 11.6 Å². The summed E-state index contributed by atoms with van der Waals surface area (Å²) in [5.41, 5.74) is 5.92. The summed E-state index contributed by atoms with van der Waals surface area (Å²) in [5, 5.41) is 4.35. The van der Waals surface area contributed by atoms with Gasteiger partial charge in [-0.15, -0.1) is 0 Å². The Bertz CT molecular complexity index is 1250. The molecule has 0 aromatic heterocycles. The van der Waals surface area contributed by atoms with E-state index in [1.54, 1.807) is 37.3 Å². The number of amides is 3. The zero-order valence-electron chi connectivity index (χ0n) is 18.7. The molecule has 2 atom stereocenters. The number of ether oxygens (including phenoxy) is 1. The van der Waals surface area contributed by atoms with E-state index < -0.39 is 23.8 Å². The van der Waals surface area contributed by atoms with E-state index in [2.05, 4.69) is 10.7 Å². The highest BCUT2D eigenvalue weighted by Gasteiger charge is 2.33. The number of carbonyl (C=O) groups is 3. The molecule has 3 aromatic carbocycles. The predicted molar refractivity (Wildman–Crippen MR) is 130 cm³/mol. The SMILES string of the molecule is CC1C(=O)N(NC(=O)[C@H](C)NC(=O)COc2cccc(Cl)c2)c2ccccc2-c2ccccc21. The first-order valence-corrected chi connectivity index (χ1v) is 11.2. The number of anilines is 1. The summed E-state index contributed by atoms with van der Waals surface area (Å²) in [6, 6.07) is 20.9. The smallest absolute Gasteiger partial charge is 0.261 e. The lowest BCUT2D eigenvalue weighted by Gasteiger charge is -2.27. The van der Waals surface area contributed by atoms with Gasteiger partial charge in [0.15, 0.2) is 6.61 Å². The topological polar surface area (TPSA) is 87.7 Å². The van der Waals surface area contributed by atoms with Crippen LogP contribution in [-0.2, 0) is 14.4 Å². The molecule has 174 valence electrons. The lowest BCUT2D eigenvalue weighted by Crippen LogP contribution is -2.54. The minimum atomic E-state index is -0.906. The van der Waals surface area contributed by atoms with Crippen molar-refractivity contribution in [2.75, 3.05) is 11.6 Å². The summed E-state index contributed by atoms with van der Waals surface area (Å²) in [4.78, 5) is 38.6. The van der Waals surface area contributed by atoms with Crippen LogP contribution >= 0.6 is 11.6 Å². The molecule has 1 aliphatic heterocycles. The molecular weight excluding hydrogens is 454 g/mol. The minimum Gasteiger partial charge on any atom is -0.484 e. The molecule has 0 saturated heterocycles. The largest absolute Gasteiger partial charge is 0.484 e. The van der Waals surface area contributed by atoms with Crippen LogP contribution in [-0.4, -0.2) is 30.4 Å². The number of hydrogen-bond donors (Lipinski definition) is 2. The second kappa shape index (κ2) is 9.97. The monoisotopic (exact) mass is 477 g/mol. The van der Waals surface area contributed by atoms with Gasteiger partial charge in [-0.1, -0.05) is 60.1 Å². The van der Waals surface area contributed by atoms with Gasteiger partial charge in [0.25, 0.3) is 17.7 Å². The molecule has 2 N–H and O–H groups in total. The molecule has 0 spiro atoms. The fourth-order valence-electron chi connectivity index (χ4n) is 3.84. The van der Waals surface area contributed by atoms with E-state index in [-0.39, 0.29) is 12.5 Å². The van der Waals surface area contributed by atoms with Crippen molar-refractivity contribution < 1.29 is 19.1 Å². The molecule has 1 unspecified atom stereocenters. The molecular formula is C26H24ClN3O4. The number of fused-ring (bicyclic) bond motifs is 3. The van der Waals surface area contributed by atoms with E-state index in [4.69, 9.17) is 16.3 Å². The summed E-state index contributed by atoms with van der Waals surface area (Å²) in [7, 11) is 0. The molecule has 34 heavy (non-hydrogen) atoms. The molecule has 0 fully saturated rings. The van der Waals surface area contributed by atoms with E-state index in [9.17, 15) is 14.4 Å². The Hall–Kier alpha value is -3.84. The maximum absolute atomic E-state index is 13.3. The highest BCUT2D eigenvalue weighted by Crippen LogP contribution is 2.39. The van der Waals surface area contributed by atoms with Crippen molar-refractivity contribution in [3.63, 3.8) is 0 Å². The van der Waals surface area contributed by atoms with Gasteiger partial charge in [0.2, 0.25) is 0 Å². The van der Waals surface area contributed by atoms with Crippen molar-refractivity contribution in [2.45, 2.75) is 25.8 Å². The highest BCUT2D eigenvalue weighted by molar-refractivity contribution is 6.30. The Labute approximate surface area is 202 Å². The van der Waals surface area contributed by atoms with Crippen molar-refractivity contribution in [1.29, 1.82) is 0 Å². The van der Waals surface area contributed by atoms with Crippen molar-refractivity contribution in [3.8, 4) is 16.9 Å². The van der Waals surface area contributed by atoms with Crippen LogP contribution in [0.4, 0.5) is 5.69 Å². The van der Waals surface area contributed by atoms with Gasteiger partial charge >= 0.3 is 0 Å². The van der Waals surface area contributed by atoms with E-state index in [0.717, 1.165) is 16.7 Å². The van der Waals surface area contributed by atoms with Gasteiger partial charge in [0.1, 0.15) is 11.8 Å². The van der Waals surface area contributed by atoms with Gasteiger partial charge in [-0.05, 0) is 49.2 Å². The Morgan fingerprint density at radius 1 is 1.03 bits per heavy atom. The Morgan fingerprint density at radius 3 is 2.50 bits per heavy atom. The lowest BCUT2D eigenvalue weighted by molar-refractivity contribution is -0.131. The highest BCUT2D eigenvalue weighted by atomic mass is 35.5. The number of nitrogens with zero attached hydrogens (tertiary/aromatic N) is 1. The van der Waals surface area contributed by atoms with Crippen LogP contribution in [0.15, 0.2) is 72.8 Å². The van der Waals surface area contributed by atoms with Crippen molar-refractivity contribution >= 4 is 35.0 Å². The zero-order chi connectivity index (χ0) is 24.2. The quantitative estimate of drug-likeness (QED) is 0.560. The fourth-order valence-corrected chi connectivity index (χ4v) is 4.02. The van der Waals surface area contributed by atoms with Crippen LogP contribution in [0.25, 0.3) is 11.1 Å². The van der Waals surface area contributed by atoms with Gasteiger partial charge in [-0.3, -0.25) is 19.8 Å². The predicted octanol–water partition coefficient (Wildman–Crippen LogP) is 4.07.